The summed E-state index contributed by atoms with van der Waals surface area (Å²) < 4.78 is 16.9. The smallest absolute Gasteiger partial charge is 0.361 e. The molecule has 1 heterocycles. The zero-order chi connectivity index (χ0) is 22.2. The molecule has 1 aromatic heterocycles. The molecule has 3 nitrogen and oxygen atoms in total. The van der Waals surface area contributed by atoms with E-state index in [0.29, 0.717) is 11.5 Å². The minimum Gasteiger partial charge on any atom is -0.493 e. The molecule has 0 spiro atoms. The molecule has 0 aliphatic heterocycles. The SMILES string of the molecule is COc1ccc(/C=C/C=C/c2cc(-c3ccccc3)cc(-c3ccccc3)[o+]2)cc1OC. The van der Waals surface area contributed by atoms with Gasteiger partial charge in [-0.05, 0) is 35.4 Å². The van der Waals surface area contributed by atoms with Gasteiger partial charge in [-0.2, -0.15) is 0 Å². The van der Waals surface area contributed by atoms with Crippen molar-refractivity contribution in [1.82, 2.24) is 0 Å². The normalized spacial score (nSPS) is 11.2. The van der Waals surface area contributed by atoms with E-state index >= 15 is 0 Å². The molecular formula is C29H25O3+. The molecule has 0 saturated heterocycles. The molecule has 0 bridgehead atoms. The van der Waals surface area contributed by atoms with E-state index in [1.807, 2.05) is 78.9 Å². The minimum absolute atomic E-state index is 0.705. The summed E-state index contributed by atoms with van der Waals surface area (Å²) in [7, 11) is 3.27. The summed E-state index contributed by atoms with van der Waals surface area (Å²) in [6.45, 7) is 0. The van der Waals surface area contributed by atoms with Gasteiger partial charge < -0.3 is 9.47 Å². The summed E-state index contributed by atoms with van der Waals surface area (Å²) in [5, 5.41) is 0. The molecule has 0 N–H and O–H groups in total. The molecular weight excluding hydrogens is 396 g/mol. The minimum atomic E-state index is 0.705. The maximum Gasteiger partial charge on any atom is 0.361 e. The maximum absolute atomic E-state index is 6.19. The number of hydrogen-bond acceptors (Lipinski definition) is 2. The number of allylic oxidation sites excluding steroid dienone is 2. The number of methoxy groups -OCH3 is 2. The van der Waals surface area contributed by atoms with Gasteiger partial charge >= 0.3 is 11.5 Å². The molecule has 0 amide bonds. The second kappa shape index (κ2) is 10.3. The molecule has 158 valence electrons. The van der Waals surface area contributed by atoms with Gasteiger partial charge in [-0.1, -0.05) is 72.8 Å². The van der Waals surface area contributed by atoms with Crippen molar-refractivity contribution < 1.29 is 13.9 Å². The zero-order valence-corrected chi connectivity index (χ0v) is 18.2. The summed E-state index contributed by atoms with van der Waals surface area (Å²) in [5.74, 6) is 3.03. The van der Waals surface area contributed by atoms with Gasteiger partial charge in [0.1, 0.15) is 0 Å². The highest BCUT2D eigenvalue weighted by Crippen LogP contribution is 2.29. The largest absolute Gasteiger partial charge is 0.493 e. The predicted octanol–water partition coefficient (Wildman–Crippen LogP) is 7.64. The average molecular weight is 422 g/mol. The second-order valence-electron chi connectivity index (χ2n) is 7.18. The van der Waals surface area contributed by atoms with Gasteiger partial charge in [0.05, 0.1) is 31.9 Å². The molecule has 3 aromatic carbocycles. The lowest BCUT2D eigenvalue weighted by Crippen LogP contribution is -1.90. The van der Waals surface area contributed by atoms with Crippen LogP contribution in [0.4, 0.5) is 0 Å². The van der Waals surface area contributed by atoms with Crippen LogP contribution in [0.25, 0.3) is 34.6 Å². The fourth-order valence-corrected chi connectivity index (χ4v) is 3.42. The molecule has 0 radical (unpaired) electrons. The van der Waals surface area contributed by atoms with Crippen LogP contribution in [0.15, 0.2) is 108 Å². The van der Waals surface area contributed by atoms with Crippen LogP contribution in [0.5, 0.6) is 11.5 Å². The summed E-state index contributed by atoms with van der Waals surface area (Å²) in [6, 6.07) is 30.4. The fourth-order valence-electron chi connectivity index (χ4n) is 3.42. The van der Waals surface area contributed by atoms with Crippen LogP contribution < -0.4 is 9.47 Å². The first-order valence-electron chi connectivity index (χ1n) is 10.4. The Balaban J connectivity index is 1.63. The van der Waals surface area contributed by atoms with E-state index in [1.54, 1.807) is 14.2 Å². The van der Waals surface area contributed by atoms with Crippen molar-refractivity contribution in [3.8, 4) is 33.9 Å². The van der Waals surface area contributed by atoms with Crippen LogP contribution >= 0.6 is 0 Å². The van der Waals surface area contributed by atoms with Crippen molar-refractivity contribution in [1.29, 1.82) is 0 Å². The van der Waals surface area contributed by atoms with Gasteiger partial charge in [-0.15, -0.1) is 0 Å². The lowest BCUT2D eigenvalue weighted by molar-refractivity contribution is 0.355. The highest BCUT2D eigenvalue weighted by Gasteiger charge is 2.17. The van der Waals surface area contributed by atoms with Gasteiger partial charge in [-0.25, -0.2) is 4.42 Å². The third-order valence-corrected chi connectivity index (χ3v) is 5.05. The molecule has 3 heteroatoms. The molecule has 0 aliphatic rings. The van der Waals surface area contributed by atoms with Gasteiger partial charge in [0, 0.05) is 11.6 Å². The van der Waals surface area contributed by atoms with E-state index in [9.17, 15) is 0 Å². The fraction of sp³-hybridized carbons (Fsp3) is 0.0690. The summed E-state index contributed by atoms with van der Waals surface area (Å²) in [5.41, 5.74) is 4.32. The highest BCUT2D eigenvalue weighted by atomic mass is 16.5. The molecule has 0 fully saturated rings. The Bertz CT molecular complexity index is 1170. The number of benzene rings is 3. The standard InChI is InChI=1S/C29H25O3/c1-30-27-18-17-22(19-29(27)31-2)11-9-10-16-26-20-25(23-12-5-3-6-13-23)21-28(32-26)24-14-7-4-8-15-24/h3-21H,1-2H3/q+1/b11-9+,16-10+. The van der Waals surface area contributed by atoms with Crippen molar-refractivity contribution in [3.05, 3.63) is 114 Å². The third-order valence-electron chi connectivity index (χ3n) is 5.05. The first kappa shape index (κ1) is 21.1. The Morgan fingerprint density at radius 1 is 0.594 bits per heavy atom. The summed E-state index contributed by atoms with van der Waals surface area (Å²) in [6.07, 6.45) is 7.93. The Labute approximate surface area is 188 Å². The van der Waals surface area contributed by atoms with Crippen LogP contribution in [-0.2, 0) is 0 Å². The number of hydrogen-bond donors (Lipinski definition) is 0. The van der Waals surface area contributed by atoms with Gasteiger partial charge in [0.15, 0.2) is 11.5 Å². The average Bonchev–Trinajstić information content (AvgIpc) is 2.87. The third kappa shape index (κ3) is 5.13. The summed E-state index contributed by atoms with van der Waals surface area (Å²) >= 11 is 0. The molecule has 0 atom stereocenters. The van der Waals surface area contributed by atoms with Crippen LogP contribution in [0.1, 0.15) is 11.3 Å². The van der Waals surface area contributed by atoms with E-state index in [0.717, 1.165) is 33.8 Å². The van der Waals surface area contributed by atoms with Crippen LogP contribution in [0.3, 0.4) is 0 Å². The number of ether oxygens (including phenoxy) is 2. The molecule has 4 aromatic rings. The molecule has 0 saturated carbocycles. The van der Waals surface area contributed by atoms with Crippen molar-refractivity contribution >= 4 is 12.2 Å². The molecule has 4 rings (SSSR count). The predicted molar refractivity (Wildman–Crippen MR) is 132 cm³/mol. The van der Waals surface area contributed by atoms with Crippen LogP contribution in [-0.4, -0.2) is 14.2 Å². The zero-order valence-electron chi connectivity index (χ0n) is 18.2. The van der Waals surface area contributed by atoms with Crippen LogP contribution in [0.2, 0.25) is 0 Å². The van der Waals surface area contributed by atoms with E-state index < -0.39 is 0 Å². The van der Waals surface area contributed by atoms with Crippen molar-refractivity contribution in [3.63, 3.8) is 0 Å². The maximum atomic E-state index is 6.19. The van der Waals surface area contributed by atoms with Gasteiger partial charge in [0.2, 0.25) is 0 Å². The molecule has 0 aliphatic carbocycles. The lowest BCUT2D eigenvalue weighted by atomic mass is 10.0. The Hall–Kier alpha value is -4.11. The van der Waals surface area contributed by atoms with Crippen molar-refractivity contribution in [2.24, 2.45) is 0 Å². The Morgan fingerprint density at radius 2 is 1.25 bits per heavy atom. The first-order valence-corrected chi connectivity index (χ1v) is 10.4. The van der Waals surface area contributed by atoms with Gasteiger partial charge in [0.25, 0.3) is 0 Å². The van der Waals surface area contributed by atoms with Crippen LogP contribution in [0, 0.1) is 0 Å². The second-order valence-corrected chi connectivity index (χ2v) is 7.18. The quantitative estimate of drug-likeness (QED) is 0.227. The monoisotopic (exact) mass is 421 g/mol. The summed E-state index contributed by atoms with van der Waals surface area (Å²) in [4.78, 5) is 0. The van der Waals surface area contributed by atoms with E-state index in [4.69, 9.17) is 13.9 Å². The van der Waals surface area contributed by atoms with E-state index in [-0.39, 0.29) is 0 Å². The van der Waals surface area contributed by atoms with Crippen molar-refractivity contribution in [2.45, 2.75) is 0 Å². The van der Waals surface area contributed by atoms with Crippen molar-refractivity contribution in [2.75, 3.05) is 14.2 Å². The highest BCUT2D eigenvalue weighted by molar-refractivity contribution is 5.72. The van der Waals surface area contributed by atoms with E-state index in [1.165, 1.54) is 0 Å². The lowest BCUT2D eigenvalue weighted by Gasteiger charge is -2.07. The van der Waals surface area contributed by atoms with E-state index in [2.05, 4.69) is 36.4 Å². The first-order chi connectivity index (χ1) is 15.8. The molecule has 32 heavy (non-hydrogen) atoms. The Morgan fingerprint density at radius 3 is 1.94 bits per heavy atom. The Kier molecular flexibility index (Phi) is 6.78. The van der Waals surface area contributed by atoms with Gasteiger partial charge in [-0.3, -0.25) is 0 Å². The number of rotatable bonds is 7. The molecule has 0 unspecified atom stereocenters. The topological polar surface area (TPSA) is 29.8 Å².